The first-order chi connectivity index (χ1) is 20.7. The molecular formula is C40H54O4Si. The van der Waals surface area contributed by atoms with Crippen molar-refractivity contribution < 1.29 is 19.1 Å². The normalized spacial score (nSPS) is 12.3. The summed E-state index contributed by atoms with van der Waals surface area (Å²) in [5.74, 6) is 2.13. The van der Waals surface area contributed by atoms with E-state index in [2.05, 4.69) is 132 Å². The summed E-state index contributed by atoms with van der Waals surface area (Å²) < 4.78 is 12.3. The molecule has 0 aromatic heterocycles. The van der Waals surface area contributed by atoms with Gasteiger partial charge in [0.25, 0.3) is 0 Å². The molecule has 4 nitrogen and oxygen atoms in total. The molecule has 0 bridgehead atoms. The fraction of sp³-hybridized carbons (Fsp3) is 0.400. The maximum absolute atomic E-state index is 10.9. The summed E-state index contributed by atoms with van der Waals surface area (Å²) in [5, 5.41) is 21.9. The highest BCUT2D eigenvalue weighted by Crippen LogP contribution is 2.43. The summed E-state index contributed by atoms with van der Waals surface area (Å²) in [6.45, 7) is 25.1. The van der Waals surface area contributed by atoms with E-state index in [1.807, 2.05) is 36.4 Å². The third-order valence-corrected chi connectivity index (χ3v) is 8.63. The van der Waals surface area contributed by atoms with Crippen molar-refractivity contribution in [1.29, 1.82) is 0 Å². The van der Waals surface area contributed by atoms with Gasteiger partial charge in [-0.1, -0.05) is 144 Å². The summed E-state index contributed by atoms with van der Waals surface area (Å²) >= 11 is 0. The summed E-state index contributed by atoms with van der Waals surface area (Å²) in [4.78, 5) is 0. The zero-order chi connectivity index (χ0) is 33.8. The van der Waals surface area contributed by atoms with Crippen LogP contribution in [0.4, 0.5) is 0 Å². The summed E-state index contributed by atoms with van der Waals surface area (Å²) in [6.07, 6.45) is 0. The molecule has 0 aliphatic heterocycles. The topological polar surface area (TPSA) is 58.9 Å². The van der Waals surface area contributed by atoms with E-state index < -0.39 is 10.0 Å². The van der Waals surface area contributed by atoms with Crippen molar-refractivity contribution in [1.82, 2.24) is 0 Å². The molecule has 0 unspecified atom stereocenters. The lowest BCUT2D eigenvalue weighted by Crippen LogP contribution is -2.20. The fourth-order valence-corrected chi connectivity index (χ4v) is 5.76. The van der Waals surface area contributed by atoms with E-state index in [0.717, 1.165) is 33.8 Å². The lowest BCUT2D eigenvalue weighted by Gasteiger charge is -2.29. The Labute approximate surface area is 274 Å². The minimum Gasteiger partial charge on any atom is -0.516 e. The number of hydrogen-bond donors (Lipinski definition) is 2. The molecule has 0 saturated carbocycles. The maximum Gasteiger partial charge on any atom is 0.427 e. The molecule has 0 saturated heterocycles. The highest BCUT2D eigenvalue weighted by Gasteiger charge is 2.28. The number of aromatic hydroxyl groups is 2. The summed E-state index contributed by atoms with van der Waals surface area (Å²) in [5.41, 5.74) is 5.16. The van der Waals surface area contributed by atoms with E-state index in [9.17, 15) is 10.2 Å². The maximum atomic E-state index is 10.9. The molecule has 0 aliphatic rings. The zero-order valence-corrected chi connectivity index (χ0v) is 30.9. The van der Waals surface area contributed by atoms with Crippen molar-refractivity contribution in [3.8, 4) is 34.1 Å². The van der Waals surface area contributed by atoms with Crippen molar-refractivity contribution in [2.45, 2.75) is 105 Å². The Balaban J connectivity index is 0.000000379. The van der Waals surface area contributed by atoms with Gasteiger partial charge in [0.05, 0.1) is 0 Å². The Morgan fingerprint density at radius 1 is 0.422 bits per heavy atom. The molecule has 0 amide bonds. The standard InChI is InChI=1S/C28H44O4Si.C12H10/c1-25(2,3)19-13-17(14-20(23(19)29)26(4,5)6)31-33-32-18-15-21(27(7,8)9)24(30)22(16-18)28(10,11)12;1-3-7-11(8-4-1)12-9-5-2-6-10-12/h13-16,29-30H,33H2,1-12H3;1-10H. The van der Waals surface area contributed by atoms with Gasteiger partial charge in [-0.05, 0) is 57.1 Å². The van der Waals surface area contributed by atoms with E-state index in [1.165, 1.54) is 11.1 Å². The van der Waals surface area contributed by atoms with Crippen LogP contribution in [0.3, 0.4) is 0 Å². The van der Waals surface area contributed by atoms with E-state index in [0.29, 0.717) is 11.5 Å². The lowest BCUT2D eigenvalue weighted by atomic mass is 9.79. The van der Waals surface area contributed by atoms with Gasteiger partial charge in [-0.3, -0.25) is 0 Å². The molecular weight excluding hydrogens is 573 g/mol. The highest BCUT2D eigenvalue weighted by molar-refractivity contribution is 6.20. The number of rotatable bonds is 5. The first-order valence-corrected chi connectivity index (χ1v) is 17.0. The molecule has 5 heteroatoms. The second-order valence-electron chi connectivity index (χ2n) is 15.9. The van der Waals surface area contributed by atoms with Gasteiger partial charge in [-0.25, -0.2) is 0 Å². The van der Waals surface area contributed by atoms with Gasteiger partial charge in [0.2, 0.25) is 0 Å². The molecule has 4 aromatic rings. The highest BCUT2D eigenvalue weighted by atomic mass is 28.3. The first-order valence-electron chi connectivity index (χ1n) is 15.8. The summed E-state index contributed by atoms with van der Waals surface area (Å²) in [7, 11) is -1.41. The van der Waals surface area contributed by atoms with Gasteiger partial charge in [0, 0.05) is 22.3 Å². The van der Waals surface area contributed by atoms with Gasteiger partial charge < -0.3 is 19.1 Å². The van der Waals surface area contributed by atoms with E-state index in [4.69, 9.17) is 8.85 Å². The van der Waals surface area contributed by atoms with Gasteiger partial charge in [0.15, 0.2) is 0 Å². The van der Waals surface area contributed by atoms with E-state index in [-0.39, 0.29) is 21.7 Å². The Kier molecular flexibility index (Phi) is 10.9. The average Bonchev–Trinajstić information content (AvgIpc) is 2.93. The van der Waals surface area contributed by atoms with Crippen LogP contribution in [-0.4, -0.2) is 20.2 Å². The second-order valence-corrected chi connectivity index (χ2v) is 16.7. The molecule has 2 N–H and O–H groups in total. The number of hydrogen-bond acceptors (Lipinski definition) is 4. The van der Waals surface area contributed by atoms with Gasteiger partial charge in [0.1, 0.15) is 23.0 Å². The monoisotopic (exact) mass is 626 g/mol. The minimum atomic E-state index is -1.41. The molecule has 0 fully saturated rings. The first kappa shape index (κ1) is 35.8. The molecule has 4 aromatic carbocycles. The van der Waals surface area contributed by atoms with Crippen molar-refractivity contribution in [3.05, 3.63) is 107 Å². The number of phenols is 2. The molecule has 4 rings (SSSR count). The van der Waals surface area contributed by atoms with Gasteiger partial charge in [-0.2, -0.15) is 0 Å². The largest absolute Gasteiger partial charge is 0.516 e. The number of benzene rings is 4. The van der Waals surface area contributed by atoms with E-state index >= 15 is 0 Å². The molecule has 0 spiro atoms. The fourth-order valence-electron chi connectivity index (χ4n) is 5.10. The minimum absolute atomic E-state index is 0.216. The smallest absolute Gasteiger partial charge is 0.427 e. The Morgan fingerprint density at radius 2 is 0.667 bits per heavy atom. The van der Waals surface area contributed by atoms with E-state index in [1.54, 1.807) is 0 Å². The third kappa shape index (κ3) is 9.64. The number of phenolic OH excluding ortho intramolecular Hbond substituents is 2. The second kappa shape index (κ2) is 13.7. The predicted molar refractivity (Wildman–Crippen MR) is 193 cm³/mol. The van der Waals surface area contributed by atoms with Crippen molar-refractivity contribution in [2.24, 2.45) is 0 Å². The molecule has 0 heterocycles. The van der Waals surface area contributed by atoms with Crippen LogP contribution in [0.25, 0.3) is 11.1 Å². The van der Waals surface area contributed by atoms with Crippen LogP contribution < -0.4 is 8.85 Å². The SMILES string of the molecule is CC(C)(C)c1cc(O[SiH2]Oc2cc(C(C)(C)C)c(O)c(C(C)(C)C)c2)cc(C(C)(C)C)c1O.c1ccc(-c2ccccc2)cc1. The Bertz CT molecular complexity index is 1360. The van der Waals surface area contributed by atoms with Crippen LogP contribution in [0.15, 0.2) is 84.9 Å². The third-order valence-electron chi connectivity index (χ3n) is 7.73. The summed E-state index contributed by atoms with van der Waals surface area (Å²) in [6, 6.07) is 28.5. The average molecular weight is 627 g/mol. The molecule has 242 valence electrons. The van der Waals surface area contributed by atoms with Crippen LogP contribution >= 0.6 is 0 Å². The molecule has 45 heavy (non-hydrogen) atoms. The lowest BCUT2D eigenvalue weighted by molar-refractivity contribution is 0.411. The van der Waals surface area contributed by atoms with Crippen LogP contribution in [0.1, 0.15) is 105 Å². The van der Waals surface area contributed by atoms with Gasteiger partial charge >= 0.3 is 10.0 Å². The van der Waals surface area contributed by atoms with Gasteiger partial charge in [-0.15, -0.1) is 0 Å². The Hall–Kier alpha value is -3.70. The van der Waals surface area contributed by atoms with Crippen LogP contribution in [0, 0.1) is 0 Å². The molecule has 0 atom stereocenters. The van der Waals surface area contributed by atoms with Crippen molar-refractivity contribution in [3.63, 3.8) is 0 Å². The molecule has 0 aliphatic carbocycles. The van der Waals surface area contributed by atoms with Crippen molar-refractivity contribution >= 4 is 10.0 Å². The van der Waals surface area contributed by atoms with Crippen LogP contribution in [0.2, 0.25) is 0 Å². The predicted octanol–water partition coefficient (Wildman–Crippen LogP) is 10.1. The van der Waals surface area contributed by atoms with Crippen LogP contribution in [0.5, 0.6) is 23.0 Å². The molecule has 0 radical (unpaired) electrons. The van der Waals surface area contributed by atoms with Crippen molar-refractivity contribution in [2.75, 3.05) is 0 Å². The zero-order valence-electron chi connectivity index (χ0n) is 29.5. The Morgan fingerprint density at radius 3 is 0.889 bits per heavy atom. The van der Waals surface area contributed by atoms with Crippen LogP contribution in [-0.2, 0) is 21.7 Å². The quantitative estimate of drug-likeness (QED) is 0.217.